The van der Waals surface area contributed by atoms with Crippen molar-refractivity contribution in [3.63, 3.8) is 0 Å². The molecule has 20 heavy (non-hydrogen) atoms. The van der Waals surface area contributed by atoms with Crippen LogP contribution in [0.25, 0.3) is 11.1 Å². The standard InChI is InChI=1S/C16H16Cl2O2/c1-7-5-11(17)9(3)13(15(7)19)14-10(4)12(18)6-8(2)16(14)20/h5-6,19-20H,1-4H3. The zero-order valence-corrected chi connectivity index (χ0v) is 13.3. The number of aromatic hydroxyl groups is 2. The molecule has 0 aliphatic carbocycles. The Kier molecular flexibility index (Phi) is 3.90. The van der Waals surface area contributed by atoms with Gasteiger partial charge in [-0.2, -0.15) is 0 Å². The maximum Gasteiger partial charge on any atom is 0.126 e. The SMILES string of the molecule is Cc1cc(Cl)c(C)c(-c2c(C)c(Cl)cc(C)c2O)c1O. The maximum atomic E-state index is 10.4. The van der Waals surface area contributed by atoms with Crippen LogP contribution in [0.2, 0.25) is 10.0 Å². The van der Waals surface area contributed by atoms with Crippen LogP contribution in [0.15, 0.2) is 12.1 Å². The molecule has 0 atom stereocenters. The molecule has 0 saturated carbocycles. The number of hydrogen-bond donors (Lipinski definition) is 2. The Hall–Kier alpha value is -1.38. The van der Waals surface area contributed by atoms with E-state index >= 15 is 0 Å². The highest BCUT2D eigenvalue weighted by Crippen LogP contribution is 2.46. The molecule has 0 spiro atoms. The van der Waals surface area contributed by atoms with Gasteiger partial charge in [-0.25, -0.2) is 0 Å². The molecule has 0 fully saturated rings. The first-order valence-corrected chi connectivity index (χ1v) is 6.99. The summed E-state index contributed by atoms with van der Waals surface area (Å²) in [7, 11) is 0. The first kappa shape index (κ1) is 15.0. The molecule has 0 aliphatic rings. The van der Waals surface area contributed by atoms with Gasteiger partial charge in [0.2, 0.25) is 0 Å². The van der Waals surface area contributed by atoms with E-state index in [-0.39, 0.29) is 11.5 Å². The summed E-state index contributed by atoms with van der Waals surface area (Å²) in [6, 6.07) is 3.42. The summed E-state index contributed by atoms with van der Waals surface area (Å²) >= 11 is 12.4. The van der Waals surface area contributed by atoms with Crippen molar-refractivity contribution < 1.29 is 10.2 Å². The van der Waals surface area contributed by atoms with Crippen molar-refractivity contribution in [1.82, 2.24) is 0 Å². The number of aryl methyl sites for hydroxylation is 2. The van der Waals surface area contributed by atoms with Gasteiger partial charge in [-0.05, 0) is 62.1 Å². The normalized spacial score (nSPS) is 10.9. The van der Waals surface area contributed by atoms with Gasteiger partial charge in [0.25, 0.3) is 0 Å². The second-order valence-electron chi connectivity index (χ2n) is 5.05. The average molecular weight is 311 g/mol. The van der Waals surface area contributed by atoms with Gasteiger partial charge in [-0.15, -0.1) is 0 Å². The fourth-order valence-corrected chi connectivity index (χ4v) is 2.85. The molecular formula is C16H16Cl2O2. The quantitative estimate of drug-likeness (QED) is 0.749. The topological polar surface area (TPSA) is 40.5 Å². The van der Waals surface area contributed by atoms with E-state index in [0.717, 1.165) is 11.1 Å². The Balaban J connectivity index is 2.96. The number of halogens is 2. The molecule has 0 heterocycles. The smallest absolute Gasteiger partial charge is 0.126 e. The van der Waals surface area contributed by atoms with Gasteiger partial charge in [0.1, 0.15) is 11.5 Å². The van der Waals surface area contributed by atoms with Crippen molar-refractivity contribution in [1.29, 1.82) is 0 Å². The van der Waals surface area contributed by atoms with Crippen molar-refractivity contribution in [2.24, 2.45) is 0 Å². The first-order chi connectivity index (χ1) is 9.25. The van der Waals surface area contributed by atoms with Crippen LogP contribution in [0.3, 0.4) is 0 Å². The molecule has 4 heteroatoms. The lowest BCUT2D eigenvalue weighted by Gasteiger charge is -2.18. The molecule has 2 nitrogen and oxygen atoms in total. The summed E-state index contributed by atoms with van der Waals surface area (Å²) in [5.41, 5.74) is 3.83. The summed E-state index contributed by atoms with van der Waals surface area (Å²) in [6.45, 7) is 7.17. The highest BCUT2D eigenvalue weighted by Gasteiger charge is 2.21. The van der Waals surface area contributed by atoms with E-state index in [1.807, 2.05) is 13.8 Å². The molecule has 106 valence electrons. The van der Waals surface area contributed by atoms with Crippen molar-refractivity contribution >= 4 is 23.2 Å². The zero-order valence-electron chi connectivity index (χ0n) is 11.8. The first-order valence-electron chi connectivity index (χ1n) is 6.23. The van der Waals surface area contributed by atoms with Crippen LogP contribution >= 0.6 is 23.2 Å². The third-order valence-electron chi connectivity index (χ3n) is 3.62. The highest BCUT2D eigenvalue weighted by molar-refractivity contribution is 6.33. The van der Waals surface area contributed by atoms with Crippen LogP contribution in [0.4, 0.5) is 0 Å². The van der Waals surface area contributed by atoms with E-state index in [4.69, 9.17) is 23.2 Å². The van der Waals surface area contributed by atoms with E-state index in [0.29, 0.717) is 32.3 Å². The van der Waals surface area contributed by atoms with Crippen molar-refractivity contribution in [2.75, 3.05) is 0 Å². The lowest BCUT2D eigenvalue weighted by molar-refractivity contribution is 0.464. The third-order valence-corrected chi connectivity index (χ3v) is 4.41. The van der Waals surface area contributed by atoms with Gasteiger partial charge < -0.3 is 10.2 Å². The van der Waals surface area contributed by atoms with Crippen LogP contribution in [0, 0.1) is 27.7 Å². The maximum absolute atomic E-state index is 10.4. The predicted molar refractivity (Wildman–Crippen MR) is 84.2 cm³/mol. The van der Waals surface area contributed by atoms with Gasteiger partial charge in [-0.1, -0.05) is 23.2 Å². The molecule has 2 N–H and O–H groups in total. The van der Waals surface area contributed by atoms with Crippen LogP contribution < -0.4 is 0 Å². The van der Waals surface area contributed by atoms with E-state index in [9.17, 15) is 10.2 Å². The van der Waals surface area contributed by atoms with Gasteiger partial charge in [0, 0.05) is 21.2 Å². The lowest BCUT2D eigenvalue weighted by atomic mass is 9.91. The lowest BCUT2D eigenvalue weighted by Crippen LogP contribution is -1.94. The molecule has 2 rings (SSSR count). The molecule has 0 bridgehead atoms. The molecule has 0 unspecified atom stereocenters. The fourth-order valence-electron chi connectivity index (χ4n) is 2.33. The molecule has 2 aromatic carbocycles. The number of benzene rings is 2. The molecule has 0 aliphatic heterocycles. The predicted octanol–water partition coefficient (Wildman–Crippen LogP) is 5.31. The van der Waals surface area contributed by atoms with Gasteiger partial charge in [0.05, 0.1) is 0 Å². The van der Waals surface area contributed by atoms with Gasteiger partial charge >= 0.3 is 0 Å². The monoisotopic (exact) mass is 310 g/mol. The molecule has 0 radical (unpaired) electrons. The zero-order chi connectivity index (χ0) is 15.2. The van der Waals surface area contributed by atoms with Crippen molar-refractivity contribution in [3.8, 4) is 22.6 Å². The molecule has 2 aromatic rings. The Morgan fingerprint density at radius 3 is 1.30 bits per heavy atom. The van der Waals surface area contributed by atoms with Crippen LogP contribution in [0.1, 0.15) is 22.3 Å². The Bertz CT molecular complexity index is 593. The number of rotatable bonds is 1. The molecule has 0 aromatic heterocycles. The van der Waals surface area contributed by atoms with Gasteiger partial charge in [-0.3, -0.25) is 0 Å². The minimum Gasteiger partial charge on any atom is -0.507 e. The van der Waals surface area contributed by atoms with E-state index in [1.165, 1.54) is 0 Å². The second kappa shape index (κ2) is 5.19. The van der Waals surface area contributed by atoms with E-state index in [1.54, 1.807) is 26.0 Å². The molecule has 0 saturated heterocycles. The van der Waals surface area contributed by atoms with Crippen LogP contribution in [-0.2, 0) is 0 Å². The third kappa shape index (κ3) is 2.23. The number of phenols is 2. The average Bonchev–Trinajstić information content (AvgIpc) is 2.38. The summed E-state index contributed by atoms with van der Waals surface area (Å²) in [5, 5.41) is 21.8. The minimum atomic E-state index is 0.118. The summed E-state index contributed by atoms with van der Waals surface area (Å²) < 4.78 is 0. The number of phenolic OH excluding ortho intramolecular Hbond substituents is 2. The Morgan fingerprint density at radius 1 is 0.700 bits per heavy atom. The minimum absolute atomic E-state index is 0.118. The van der Waals surface area contributed by atoms with Crippen LogP contribution in [-0.4, -0.2) is 10.2 Å². The molecule has 0 amide bonds. The summed E-state index contributed by atoms with van der Waals surface area (Å²) in [4.78, 5) is 0. The number of hydrogen-bond acceptors (Lipinski definition) is 2. The van der Waals surface area contributed by atoms with E-state index < -0.39 is 0 Å². The fraction of sp³-hybridized carbons (Fsp3) is 0.250. The largest absolute Gasteiger partial charge is 0.507 e. The Morgan fingerprint density at radius 2 is 1.00 bits per heavy atom. The van der Waals surface area contributed by atoms with Crippen molar-refractivity contribution in [3.05, 3.63) is 44.4 Å². The highest BCUT2D eigenvalue weighted by atomic mass is 35.5. The Labute approximate surface area is 128 Å². The summed E-state index contributed by atoms with van der Waals surface area (Å²) in [5.74, 6) is 0.235. The van der Waals surface area contributed by atoms with Crippen molar-refractivity contribution in [2.45, 2.75) is 27.7 Å². The second-order valence-corrected chi connectivity index (χ2v) is 5.86. The van der Waals surface area contributed by atoms with Crippen LogP contribution in [0.5, 0.6) is 11.5 Å². The van der Waals surface area contributed by atoms with Gasteiger partial charge in [0.15, 0.2) is 0 Å². The molecular weight excluding hydrogens is 295 g/mol. The summed E-state index contributed by atoms with van der Waals surface area (Å²) in [6.07, 6.45) is 0. The van der Waals surface area contributed by atoms with E-state index in [2.05, 4.69) is 0 Å².